The van der Waals surface area contributed by atoms with Gasteiger partial charge >= 0.3 is 0 Å². The van der Waals surface area contributed by atoms with Crippen LogP contribution in [0.4, 0.5) is 0 Å². The average molecular weight is 281 g/mol. The van der Waals surface area contributed by atoms with Gasteiger partial charge in [-0.1, -0.05) is 20.8 Å². The van der Waals surface area contributed by atoms with Crippen LogP contribution in [0.5, 0.6) is 0 Å². The topological polar surface area (TPSA) is 54.6 Å². The monoisotopic (exact) mass is 281 g/mol. The van der Waals surface area contributed by atoms with Crippen LogP contribution in [0, 0.1) is 11.8 Å². The highest BCUT2D eigenvalue weighted by Gasteiger charge is 2.36. The van der Waals surface area contributed by atoms with E-state index in [0.717, 1.165) is 17.4 Å². The minimum Gasteiger partial charge on any atom is -0.464 e. The van der Waals surface area contributed by atoms with Crippen LogP contribution in [0.2, 0.25) is 0 Å². The predicted molar refractivity (Wildman–Crippen MR) is 78.6 cm³/mol. The van der Waals surface area contributed by atoms with Crippen LogP contribution in [-0.4, -0.2) is 31.0 Å². The van der Waals surface area contributed by atoms with Gasteiger partial charge in [0.25, 0.3) is 0 Å². The Bertz CT molecular complexity index is 402. The first kappa shape index (κ1) is 15.5. The van der Waals surface area contributed by atoms with E-state index >= 15 is 0 Å². The van der Waals surface area contributed by atoms with Crippen LogP contribution in [-0.2, 0) is 11.3 Å². The minimum atomic E-state index is -0.466. The summed E-state index contributed by atoms with van der Waals surface area (Å²) < 4.78 is 11.2. The predicted octanol–water partition coefficient (Wildman–Crippen LogP) is 2.53. The number of aliphatic hydroxyl groups is 1. The maximum Gasteiger partial charge on any atom is 0.117 e. The third-order valence-corrected chi connectivity index (χ3v) is 3.60. The molecule has 0 bridgehead atoms. The number of hydrogen-bond donors (Lipinski definition) is 2. The highest BCUT2D eigenvalue weighted by atomic mass is 16.5. The summed E-state index contributed by atoms with van der Waals surface area (Å²) in [5.74, 6) is 3.94. The van der Waals surface area contributed by atoms with Crippen LogP contribution < -0.4 is 5.32 Å². The van der Waals surface area contributed by atoms with Crippen molar-refractivity contribution in [3.8, 4) is 0 Å². The molecule has 2 rings (SSSR count). The first-order chi connectivity index (χ1) is 9.56. The molecule has 3 atom stereocenters. The number of rotatable bonds is 9. The maximum atomic E-state index is 9.76. The second-order valence-corrected chi connectivity index (χ2v) is 6.34. The van der Waals surface area contributed by atoms with E-state index in [1.165, 1.54) is 6.42 Å². The van der Waals surface area contributed by atoms with E-state index in [-0.39, 0.29) is 0 Å². The Hall–Kier alpha value is -0.840. The molecule has 0 saturated heterocycles. The summed E-state index contributed by atoms with van der Waals surface area (Å²) in [5.41, 5.74) is 0. The third-order valence-electron chi connectivity index (χ3n) is 3.60. The molecule has 4 heteroatoms. The van der Waals surface area contributed by atoms with Gasteiger partial charge in [-0.05, 0) is 30.4 Å². The highest BCUT2D eigenvalue weighted by Crippen LogP contribution is 2.47. The molecule has 1 heterocycles. The van der Waals surface area contributed by atoms with Crippen LogP contribution in [0.3, 0.4) is 0 Å². The van der Waals surface area contributed by atoms with Crippen LogP contribution in [0.1, 0.15) is 44.6 Å². The van der Waals surface area contributed by atoms with Gasteiger partial charge in [-0.3, -0.25) is 0 Å². The molecule has 1 fully saturated rings. The molecule has 4 nitrogen and oxygen atoms in total. The molecule has 0 amide bonds. The largest absolute Gasteiger partial charge is 0.464 e. The van der Waals surface area contributed by atoms with Gasteiger partial charge in [-0.2, -0.15) is 0 Å². The van der Waals surface area contributed by atoms with Crippen molar-refractivity contribution in [1.29, 1.82) is 0 Å². The van der Waals surface area contributed by atoms with Gasteiger partial charge in [0.15, 0.2) is 0 Å². The second-order valence-electron chi connectivity index (χ2n) is 6.34. The molecular formula is C16H27NO3. The Morgan fingerprint density at radius 3 is 2.80 bits per heavy atom. The Balaban J connectivity index is 1.59. The van der Waals surface area contributed by atoms with Gasteiger partial charge in [-0.25, -0.2) is 0 Å². The molecule has 20 heavy (non-hydrogen) atoms. The number of aliphatic hydroxyl groups excluding tert-OH is 1. The zero-order valence-corrected chi connectivity index (χ0v) is 12.8. The molecule has 0 aliphatic heterocycles. The first-order valence-corrected chi connectivity index (χ1v) is 7.61. The van der Waals surface area contributed by atoms with Gasteiger partial charge in [0, 0.05) is 19.1 Å². The molecule has 1 aromatic rings. The van der Waals surface area contributed by atoms with E-state index < -0.39 is 6.10 Å². The van der Waals surface area contributed by atoms with Gasteiger partial charge in [0.2, 0.25) is 0 Å². The Kier molecular flexibility index (Phi) is 5.64. The number of ether oxygens (including phenoxy) is 1. The molecule has 1 aliphatic carbocycles. The van der Waals surface area contributed by atoms with Crippen LogP contribution >= 0.6 is 0 Å². The van der Waals surface area contributed by atoms with E-state index in [0.29, 0.717) is 38.1 Å². The van der Waals surface area contributed by atoms with Crippen molar-refractivity contribution < 1.29 is 14.3 Å². The van der Waals surface area contributed by atoms with E-state index in [4.69, 9.17) is 9.15 Å². The molecule has 2 N–H and O–H groups in total. The Labute approximate surface area is 121 Å². The SMILES string of the molecule is CC(C)COCC(O)CNCc1ccc(C2CC2C)o1. The van der Waals surface area contributed by atoms with Crippen molar-refractivity contribution in [3.63, 3.8) is 0 Å². The summed E-state index contributed by atoms with van der Waals surface area (Å²) in [5, 5.41) is 13.0. The summed E-state index contributed by atoms with van der Waals surface area (Å²) in [7, 11) is 0. The van der Waals surface area contributed by atoms with Gasteiger partial charge in [0.05, 0.1) is 19.3 Å². The number of furan rings is 1. The molecule has 0 spiro atoms. The molecule has 0 aromatic carbocycles. The molecular weight excluding hydrogens is 254 g/mol. The lowest BCUT2D eigenvalue weighted by Crippen LogP contribution is -2.30. The van der Waals surface area contributed by atoms with Crippen molar-refractivity contribution >= 4 is 0 Å². The molecule has 1 aliphatic rings. The van der Waals surface area contributed by atoms with E-state index in [9.17, 15) is 5.11 Å². The van der Waals surface area contributed by atoms with Crippen molar-refractivity contribution in [1.82, 2.24) is 5.32 Å². The summed E-state index contributed by atoms with van der Waals surface area (Å²) in [6.07, 6.45) is 0.776. The van der Waals surface area contributed by atoms with Crippen LogP contribution in [0.25, 0.3) is 0 Å². The van der Waals surface area contributed by atoms with Gasteiger partial charge < -0.3 is 19.6 Å². The standard InChI is InChI=1S/C16H27NO3/c1-11(2)9-19-10-13(18)7-17-8-14-4-5-16(20-14)15-6-12(15)3/h4-5,11-13,15,17-18H,6-10H2,1-3H3. The first-order valence-electron chi connectivity index (χ1n) is 7.61. The molecule has 0 radical (unpaired) electrons. The summed E-state index contributed by atoms with van der Waals surface area (Å²) in [6.45, 7) is 8.70. The van der Waals surface area contributed by atoms with Gasteiger partial charge in [-0.15, -0.1) is 0 Å². The fraction of sp³-hybridized carbons (Fsp3) is 0.750. The van der Waals surface area contributed by atoms with E-state index in [1.54, 1.807) is 0 Å². The van der Waals surface area contributed by atoms with E-state index in [2.05, 4.69) is 32.2 Å². The summed E-state index contributed by atoms with van der Waals surface area (Å²) in [6, 6.07) is 4.10. The van der Waals surface area contributed by atoms with Crippen molar-refractivity contribution in [2.45, 2.75) is 45.8 Å². The Morgan fingerprint density at radius 1 is 1.40 bits per heavy atom. The lowest BCUT2D eigenvalue weighted by Gasteiger charge is -2.13. The van der Waals surface area contributed by atoms with E-state index in [1.807, 2.05) is 6.07 Å². The molecule has 1 aromatic heterocycles. The Morgan fingerprint density at radius 2 is 2.15 bits per heavy atom. The van der Waals surface area contributed by atoms with Crippen molar-refractivity contribution in [3.05, 3.63) is 23.7 Å². The van der Waals surface area contributed by atoms with Crippen molar-refractivity contribution in [2.75, 3.05) is 19.8 Å². The zero-order chi connectivity index (χ0) is 14.5. The quantitative estimate of drug-likeness (QED) is 0.730. The average Bonchev–Trinajstić information content (AvgIpc) is 2.93. The van der Waals surface area contributed by atoms with Gasteiger partial charge in [0.1, 0.15) is 11.5 Å². The number of hydrogen-bond acceptors (Lipinski definition) is 4. The third kappa shape index (κ3) is 4.93. The molecule has 3 unspecified atom stereocenters. The second kappa shape index (κ2) is 7.25. The molecule has 114 valence electrons. The summed E-state index contributed by atoms with van der Waals surface area (Å²) >= 11 is 0. The smallest absolute Gasteiger partial charge is 0.117 e. The fourth-order valence-corrected chi connectivity index (χ4v) is 2.27. The lowest BCUT2D eigenvalue weighted by atomic mass is 10.2. The minimum absolute atomic E-state index is 0.383. The lowest BCUT2D eigenvalue weighted by molar-refractivity contribution is 0.0259. The highest BCUT2D eigenvalue weighted by molar-refractivity contribution is 5.17. The van der Waals surface area contributed by atoms with Crippen molar-refractivity contribution in [2.24, 2.45) is 11.8 Å². The zero-order valence-electron chi connectivity index (χ0n) is 12.8. The summed E-state index contributed by atoms with van der Waals surface area (Å²) in [4.78, 5) is 0. The molecule has 1 saturated carbocycles. The normalized spacial score (nSPS) is 23.2. The van der Waals surface area contributed by atoms with Crippen LogP contribution in [0.15, 0.2) is 16.5 Å². The number of nitrogens with one attached hydrogen (secondary N) is 1. The fourth-order valence-electron chi connectivity index (χ4n) is 2.27. The maximum absolute atomic E-state index is 9.76.